The summed E-state index contributed by atoms with van der Waals surface area (Å²) in [6, 6.07) is 8.37. The van der Waals surface area contributed by atoms with Gasteiger partial charge in [-0.2, -0.15) is 0 Å². The van der Waals surface area contributed by atoms with Gasteiger partial charge in [-0.05, 0) is 24.1 Å². The van der Waals surface area contributed by atoms with Gasteiger partial charge < -0.3 is 10.4 Å². The molecular weight excluding hydrogens is 166 g/mol. The summed E-state index contributed by atoms with van der Waals surface area (Å²) in [6.45, 7) is -0.0934. The van der Waals surface area contributed by atoms with Crippen LogP contribution in [0.2, 0.25) is 0 Å². The zero-order chi connectivity index (χ0) is 9.26. The van der Waals surface area contributed by atoms with Crippen LogP contribution in [0.15, 0.2) is 18.2 Å². The van der Waals surface area contributed by atoms with E-state index in [1.54, 1.807) is 6.07 Å². The first kappa shape index (κ1) is 8.26. The van der Waals surface area contributed by atoms with Crippen molar-refractivity contribution in [3.8, 4) is 0 Å². The number of fused-ring (bicyclic) bond motifs is 1. The van der Waals surface area contributed by atoms with Crippen LogP contribution < -0.4 is 5.32 Å². The third-order valence-electron chi connectivity index (χ3n) is 2.27. The molecule has 0 saturated carbocycles. The van der Waals surface area contributed by atoms with Gasteiger partial charge in [0.25, 0.3) is 0 Å². The van der Waals surface area contributed by atoms with Crippen molar-refractivity contribution in [2.45, 2.75) is 6.42 Å². The van der Waals surface area contributed by atoms with E-state index in [1.807, 2.05) is 12.1 Å². The van der Waals surface area contributed by atoms with E-state index in [0.717, 1.165) is 11.3 Å². The molecule has 1 amide bonds. The first-order chi connectivity index (χ1) is 6.31. The summed E-state index contributed by atoms with van der Waals surface area (Å²) in [4.78, 5) is 11.3. The number of amides is 1. The van der Waals surface area contributed by atoms with E-state index in [2.05, 4.69) is 11.4 Å². The fourth-order valence-electron chi connectivity index (χ4n) is 1.50. The molecule has 0 aromatic heterocycles. The number of hydrogen-bond donors (Lipinski definition) is 2. The number of nitrogens with one attached hydrogen (secondary N) is 1. The molecule has 1 aliphatic rings. The van der Waals surface area contributed by atoms with Crippen molar-refractivity contribution in [1.82, 2.24) is 0 Å². The molecule has 1 aromatic carbocycles. The van der Waals surface area contributed by atoms with Gasteiger partial charge in [0, 0.05) is 5.69 Å². The van der Waals surface area contributed by atoms with Gasteiger partial charge in [-0.25, -0.2) is 0 Å². The fourth-order valence-corrected chi connectivity index (χ4v) is 1.50. The SMILES string of the molecule is O=C1Nc2c[c]ccc2CC1CO. The molecule has 1 aliphatic heterocycles. The number of anilines is 1. The summed E-state index contributed by atoms with van der Waals surface area (Å²) in [6.07, 6.45) is 0.617. The number of carbonyl (C=O) groups excluding carboxylic acids is 1. The molecule has 1 unspecified atom stereocenters. The lowest BCUT2D eigenvalue weighted by Gasteiger charge is -2.22. The van der Waals surface area contributed by atoms with Gasteiger partial charge in [-0.15, -0.1) is 0 Å². The molecular formula is C10H10NO2. The quantitative estimate of drug-likeness (QED) is 0.658. The van der Waals surface area contributed by atoms with E-state index < -0.39 is 0 Å². The molecule has 2 rings (SSSR count). The van der Waals surface area contributed by atoms with Gasteiger partial charge in [-0.3, -0.25) is 4.79 Å². The normalized spacial score (nSPS) is 20.7. The Hall–Kier alpha value is -1.35. The molecule has 13 heavy (non-hydrogen) atoms. The number of carbonyl (C=O) groups is 1. The lowest BCUT2D eigenvalue weighted by Crippen LogP contribution is -2.32. The van der Waals surface area contributed by atoms with E-state index in [9.17, 15) is 4.79 Å². The maximum atomic E-state index is 11.3. The number of aliphatic hydroxyl groups excluding tert-OH is 1. The van der Waals surface area contributed by atoms with Gasteiger partial charge >= 0.3 is 0 Å². The fraction of sp³-hybridized carbons (Fsp3) is 0.300. The topological polar surface area (TPSA) is 49.3 Å². The summed E-state index contributed by atoms with van der Waals surface area (Å²) < 4.78 is 0. The molecule has 0 bridgehead atoms. The molecule has 0 spiro atoms. The molecule has 2 N–H and O–H groups in total. The molecule has 67 valence electrons. The molecule has 1 aromatic rings. The molecule has 0 fully saturated rings. The second-order valence-corrected chi connectivity index (χ2v) is 3.16. The summed E-state index contributed by atoms with van der Waals surface area (Å²) in [5.41, 5.74) is 1.88. The monoisotopic (exact) mass is 176 g/mol. The Balaban J connectivity index is 2.33. The summed E-state index contributed by atoms with van der Waals surface area (Å²) in [7, 11) is 0. The second-order valence-electron chi connectivity index (χ2n) is 3.16. The number of benzene rings is 1. The van der Waals surface area contributed by atoms with Crippen LogP contribution in [0.25, 0.3) is 0 Å². The number of rotatable bonds is 1. The highest BCUT2D eigenvalue weighted by atomic mass is 16.3. The highest BCUT2D eigenvalue weighted by Crippen LogP contribution is 2.24. The molecule has 3 heteroatoms. The minimum Gasteiger partial charge on any atom is -0.396 e. The highest BCUT2D eigenvalue weighted by molar-refractivity contribution is 5.95. The van der Waals surface area contributed by atoms with E-state index in [0.29, 0.717) is 6.42 Å². The van der Waals surface area contributed by atoms with Crippen LogP contribution >= 0.6 is 0 Å². The molecule has 1 radical (unpaired) electrons. The van der Waals surface area contributed by atoms with Gasteiger partial charge in [0.15, 0.2) is 0 Å². The third-order valence-corrected chi connectivity index (χ3v) is 2.27. The Morgan fingerprint density at radius 3 is 3.31 bits per heavy atom. The Morgan fingerprint density at radius 1 is 1.69 bits per heavy atom. The van der Waals surface area contributed by atoms with Crippen molar-refractivity contribution in [3.63, 3.8) is 0 Å². The largest absolute Gasteiger partial charge is 0.396 e. The zero-order valence-electron chi connectivity index (χ0n) is 7.08. The van der Waals surface area contributed by atoms with E-state index in [4.69, 9.17) is 5.11 Å². The van der Waals surface area contributed by atoms with Gasteiger partial charge in [-0.1, -0.05) is 12.1 Å². The minimum atomic E-state index is -0.296. The van der Waals surface area contributed by atoms with Crippen molar-refractivity contribution in [2.24, 2.45) is 5.92 Å². The van der Waals surface area contributed by atoms with E-state index in [1.165, 1.54) is 0 Å². The van der Waals surface area contributed by atoms with Crippen molar-refractivity contribution in [2.75, 3.05) is 11.9 Å². The van der Waals surface area contributed by atoms with Crippen molar-refractivity contribution < 1.29 is 9.90 Å². The lowest BCUT2D eigenvalue weighted by atomic mass is 9.94. The summed E-state index contributed by atoms with van der Waals surface area (Å²) in [5.74, 6) is -0.399. The van der Waals surface area contributed by atoms with Crippen LogP contribution in [0.5, 0.6) is 0 Å². The lowest BCUT2D eigenvalue weighted by molar-refractivity contribution is -0.121. The van der Waals surface area contributed by atoms with Crippen LogP contribution in [0.4, 0.5) is 5.69 Å². The predicted octanol–water partition coefficient (Wildman–Crippen LogP) is 0.590. The van der Waals surface area contributed by atoms with Crippen LogP contribution in [-0.4, -0.2) is 17.6 Å². The average molecular weight is 176 g/mol. The van der Waals surface area contributed by atoms with Crippen LogP contribution in [0.3, 0.4) is 0 Å². The Morgan fingerprint density at radius 2 is 2.54 bits per heavy atom. The highest BCUT2D eigenvalue weighted by Gasteiger charge is 2.24. The predicted molar refractivity (Wildman–Crippen MR) is 48.2 cm³/mol. The zero-order valence-corrected chi connectivity index (χ0v) is 7.08. The molecule has 1 atom stereocenters. The van der Waals surface area contributed by atoms with E-state index in [-0.39, 0.29) is 18.4 Å². The van der Waals surface area contributed by atoms with Gasteiger partial charge in [0.05, 0.1) is 12.5 Å². The average Bonchev–Trinajstić information content (AvgIpc) is 2.17. The van der Waals surface area contributed by atoms with Crippen LogP contribution in [0.1, 0.15) is 5.56 Å². The van der Waals surface area contributed by atoms with Crippen LogP contribution in [0, 0.1) is 12.0 Å². The number of hydrogen-bond acceptors (Lipinski definition) is 2. The number of aliphatic hydroxyl groups is 1. The Bertz CT molecular complexity index is 335. The maximum Gasteiger partial charge on any atom is 0.230 e. The third kappa shape index (κ3) is 1.42. The first-order valence-electron chi connectivity index (χ1n) is 4.22. The van der Waals surface area contributed by atoms with Crippen molar-refractivity contribution >= 4 is 11.6 Å². The summed E-state index contributed by atoms with van der Waals surface area (Å²) >= 11 is 0. The molecule has 3 nitrogen and oxygen atoms in total. The molecule has 0 saturated heterocycles. The van der Waals surface area contributed by atoms with Gasteiger partial charge in [0.2, 0.25) is 5.91 Å². The van der Waals surface area contributed by atoms with Crippen molar-refractivity contribution in [3.05, 3.63) is 29.8 Å². The minimum absolute atomic E-state index is 0.0934. The first-order valence-corrected chi connectivity index (χ1v) is 4.22. The second kappa shape index (κ2) is 3.18. The smallest absolute Gasteiger partial charge is 0.230 e. The van der Waals surface area contributed by atoms with Crippen LogP contribution in [-0.2, 0) is 11.2 Å². The standard InChI is InChI=1S/C10H10NO2/c12-6-8-5-7-3-1-2-4-9(7)11-10(8)13/h1,3-4,8,12H,5-6H2,(H,11,13). The maximum absolute atomic E-state index is 11.3. The van der Waals surface area contributed by atoms with Gasteiger partial charge in [0.1, 0.15) is 0 Å². The summed E-state index contributed by atoms with van der Waals surface area (Å²) in [5, 5.41) is 11.6. The van der Waals surface area contributed by atoms with Crippen molar-refractivity contribution in [1.29, 1.82) is 0 Å². The molecule has 0 aliphatic carbocycles. The van der Waals surface area contributed by atoms with E-state index >= 15 is 0 Å². The Kier molecular flexibility index (Phi) is 2.02. The molecule has 1 heterocycles. The Labute approximate surface area is 76.4 Å².